The maximum absolute atomic E-state index is 12.1. The quantitative estimate of drug-likeness (QED) is 0.862. The number of carbonyl (C=O) groups excluding carboxylic acids is 1. The van der Waals surface area contributed by atoms with Crippen LogP contribution in [0.4, 0.5) is 5.69 Å². The van der Waals surface area contributed by atoms with Gasteiger partial charge in [0.25, 0.3) is 0 Å². The summed E-state index contributed by atoms with van der Waals surface area (Å²) >= 11 is 0. The number of carbonyl (C=O) groups is 1. The molecule has 1 saturated heterocycles. The average Bonchev–Trinajstić information content (AvgIpc) is 2.41. The van der Waals surface area contributed by atoms with Gasteiger partial charge in [0.15, 0.2) is 0 Å². The average molecular weight is 249 g/mol. The Morgan fingerprint density at radius 3 is 3.11 bits per heavy atom. The number of rotatable bonds is 3. The Bertz CT molecular complexity index is 405. The number of amides is 1. The van der Waals surface area contributed by atoms with Crippen molar-refractivity contribution < 1.29 is 9.53 Å². The molecule has 2 rings (SSSR count). The number of pyridine rings is 1. The Balaban J connectivity index is 1.93. The molecule has 98 valence electrons. The molecular weight excluding hydrogens is 230 g/mol. The summed E-state index contributed by atoms with van der Waals surface area (Å²) in [6.07, 6.45) is 4.11. The fraction of sp³-hybridized carbons (Fsp3) is 0.538. The molecule has 0 saturated carbocycles. The molecule has 0 aliphatic carbocycles. The topological polar surface area (TPSA) is 68.5 Å². The molecule has 0 radical (unpaired) electrons. The number of methoxy groups -OCH3 is 1. The second-order valence-corrected chi connectivity index (χ2v) is 4.60. The summed E-state index contributed by atoms with van der Waals surface area (Å²) < 4.78 is 5.31. The number of likely N-dealkylation sites (tertiary alicyclic amines) is 1. The van der Waals surface area contributed by atoms with Crippen LogP contribution in [0.5, 0.6) is 0 Å². The molecule has 1 aliphatic rings. The van der Waals surface area contributed by atoms with Crippen molar-refractivity contribution in [3.8, 4) is 0 Å². The van der Waals surface area contributed by atoms with Crippen LogP contribution in [0.15, 0.2) is 18.3 Å². The molecule has 1 aromatic rings. The Morgan fingerprint density at radius 1 is 1.61 bits per heavy atom. The first-order chi connectivity index (χ1) is 8.69. The summed E-state index contributed by atoms with van der Waals surface area (Å²) in [5.74, 6) is 0.106. The van der Waals surface area contributed by atoms with Crippen LogP contribution in [0.25, 0.3) is 0 Å². The van der Waals surface area contributed by atoms with Crippen LogP contribution in [0.2, 0.25) is 0 Å². The van der Waals surface area contributed by atoms with Gasteiger partial charge in [-0.2, -0.15) is 0 Å². The summed E-state index contributed by atoms with van der Waals surface area (Å²) in [6.45, 7) is 1.50. The Hall–Kier alpha value is -1.62. The molecule has 1 atom stereocenters. The van der Waals surface area contributed by atoms with E-state index < -0.39 is 0 Å². The van der Waals surface area contributed by atoms with Crippen molar-refractivity contribution in [2.75, 3.05) is 25.9 Å². The van der Waals surface area contributed by atoms with E-state index in [0.29, 0.717) is 18.7 Å². The summed E-state index contributed by atoms with van der Waals surface area (Å²) in [4.78, 5) is 18.1. The van der Waals surface area contributed by atoms with E-state index in [2.05, 4.69) is 4.98 Å². The van der Waals surface area contributed by atoms with Gasteiger partial charge in [0.2, 0.25) is 5.91 Å². The van der Waals surface area contributed by atoms with E-state index in [-0.39, 0.29) is 12.0 Å². The molecule has 2 N–H and O–H groups in total. The van der Waals surface area contributed by atoms with E-state index in [1.54, 1.807) is 25.4 Å². The summed E-state index contributed by atoms with van der Waals surface area (Å²) in [7, 11) is 1.69. The van der Waals surface area contributed by atoms with Crippen molar-refractivity contribution in [1.29, 1.82) is 0 Å². The maximum atomic E-state index is 12.1. The molecular formula is C13H19N3O2. The number of hydrogen-bond acceptors (Lipinski definition) is 4. The van der Waals surface area contributed by atoms with Gasteiger partial charge in [-0.25, -0.2) is 0 Å². The first kappa shape index (κ1) is 12.8. The minimum Gasteiger partial charge on any atom is -0.397 e. The van der Waals surface area contributed by atoms with Gasteiger partial charge in [-0.15, -0.1) is 0 Å². The molecule has 18 heavy (non-hydrogen) atoms. The molecule has 0 spiro atoms. The lowest BCUT2D eigenvalue weighted by atomic mass is 10.1. The lowest BCUT2D eigenvalue weighted by molar-refractivity contribution is -0.134. The molecule has 1 aromatic heterocycles. The van der Waals surface area contributed by atoms with E-state index in [4.69, 9.17) is 10.5 Å². The monoisotopic (exact) mass is 249 g/mol. The van der Waals surface area contributed by atoms with Crippen molar-refractivity contribution in [3.63, 3.8) is 0 Å². The van der Waals surface area contributed by atoms with Gasteiger partial charge >= 0.3 is 0 Å². The third-order valence-electron chi connectivity index (χ3n) is 3.24. The highest BCUT2D eigenvalue weighted by atomic mass is 16.5. The number of aromatic nitrogens is 1. The zero-order valence-corrected chi connectivity index (χ0v) is 10.6. The fourth-order valence-electron chi connectivity index (χ4n) is 2.16. The van der Waals surface area contributed by atoms with Gasteiger partial charge in [-0.1, -0.05) is 0 Å². The van der Waals surface area contributed by atoms with Gasteiger partial charge in [0, 0.05) is 25.9 Å². The van der Waals surface area contributed by atoms with Crippen molar-refractivity contribution >= 4 is 11.6 Å². The van der Waals surface area contributed by atoms with Crippen molar-refractivity contribution in [2.24, 2.45) is 0 Å². The summed E-state index contributed by atoms with van der Waals surface area (Å²) in [6, 6.07) is 3.56. The van der Waals surface area contributed by atoms with Crippen molar-refractivity contribution in [2.45, 2.75) is 25.4 Å². The van der Waals surface area contributed by atoms with E-state index in [1.165, 1.54) is 0 Å². The third kappa shape index (κ3) is 3.20. The zero-order chi connectivity index (χ0) is 13.0. The smallest absolute Gasteiger partial charge is 0.228 e. The number of anilines is 1. The predicted octanol–water partition coefficient (Wildman–Crippen LogP) is 0.844. The highest BCUT2D eigenvalue weighted by molar-refractivity contribution is 5.78. The van der Waals surface area contributed by atoms with Gasteiger partial charge < -0.3 is 15.4 Å². The van der Waals surface area contributed by atoms with Crippen molar-refractivity contribution in [1.82, 2.24) is 9.88 Å². The number of nitrogens with two attached hydrogens (primary N) is 1. The second kappa shape index (κ2) is 5.82. The van der Waals surface area contributed by atoms with E-state index in [1.807, 2.05) is 4.90 Å². The molecule has 1 fully saturated rings. The summed E-state index contributed by atoms with van der Waals surface area (Å²) in [5.41, 5.74) is 6.93. The van der Waals surface area contributed by atoms with Crippen LogP contribution in [0.3, 0.4) is 0 Å². The van der Waals surface area contributed by atoms with Gasteiger partial charge in [-0.05, 0) is 25.0 Å². The van der Waals surface area contributed by atoms with Crippen LogP contribution in [0.1, 0.15) is 18.5 Å². The lowest BCUT2D eigenvalue weighted by Crippen LogP contribution is -2.43. The minimum absolute atomic E-state index is 0.106. The lowest BCUT2D eigenvalue weighted by Gasteiger charge is -2.31. The highest BCUT2D eigenvalue weighted by Crippen LogP contribution is 2.14. The van der Waals surface area contributed by atoms with E-state index >= 15 is 0 Å². The number of ether oxygens (including phenoxy) is 1. The largest absolute Gasteiger partial charge is 0.397 e. The molecule has 2 heterocycles. The normalized spacial score (nSPS) is 19.8. The number of piperidine rings is 1. The van der Waals surface area contributed by atoms with E-state index in [9.17, 15) is 4.79 Å². The SMILES string of the molecule is COC1CCCN(C(=O)Cc2ccc(N)cn2)C1. The molecule has 1 aliphatic heterocycles. The third-order valence-corrected chi connectivity index (χ3v) is 3.24. The standard InChI is InChI=1S/C13H19N3O2/c1-18-12-3-2-6-16(9-12)13(17)7-11-5-4-10(14)8-15-11/h4-5,8,12H,2-3,6-7,9,14H2,1H3. The molecule has 1 amide bonds. The van der Waals surface area contributed by atoms with Gasteiger partial charge in [0.1, 0.15) is 0 Å². The zero-order valence-electron chi connectivity index (χ0n) is 10.6. The van der Waals surface area contributed by atoms with Crippen LogP contribution < -0.4 is 5.73 Å². The number of nitrogen functional groups attached to an aromatic ring is 1. The maximum Gasteiger partial charge on any atom is 0.228 e. The second-order valence-electron chi connectivity index (χ2n) is 4.60. The molecule has 0 aromatic carbocycles. The Labute approximate surface area is 107 Å². The van der Waals surface area contributed by atoms with Crippen LogP contribution in [0, 0.1) is 0 Å². The van der Waals surface area contributed by atoms with Crippen LogP contribution >= 0.6 is 0 Å². The van der Waals surface area contributed by atoms with Gasteiger partial charge in [0.05, 0.1) is 24.4 Å². The molecule has 5 heteroatoms. The first-order valence-electron chi connectivity index (χ1n) is 6.20. The number of hydrogen-bond donors (Lipinski definition) is 1. The summed E-state index contributed by atoms with van der Waals surface area (Å²) in [5, 5.41) is 0. The van der Waals surface area contributed by atoms with Crippen LogP contribution in [-0.2, 0) is 16.0 Å². The minimum atomic E-state index is 0.106. The van der Waals surface area contributed by atoms with E-state index in [0.717, 1.165) is 25.1 Å². The first-order valence-corrected chi connectivity index (χ1v) is 6.20. The fourth-order valence-corrected chi connectivity index (χ4v) is 2.16. The highest BCUT2D eigenvalue weighted by Gasteiger charge is 2.23. The Morgan fingerprint density at radius 2 is 2.44 bits per heavy atom. The van der Waals surface area contributed by atoms with Crippen molar-refractivity contribution in [3.05, 3.63) is 24.0 Å². The molecule has 5 nitrogen and oxygen atoms in total. The predicted molar refractivity (Wildman–Crippen MR) is 69.0 cm³/mol. The van der Waals surface area contributed by atoms with Gasteiger partial charge in [-0.3, -0.25) is 9.78 Å². The Kier molecular flexibility index (Phi) is 4.15. The number of nitrogens with zero attached hydrogens (tertiary/aromatic N) is 2. The van der Waals surface area contributed by atoms with Crippen LogP contribution in [-0.4, -0.2) is 42.1 Å². The molecule has 0 bridgehead atoms. The molecule has 1 unspecified atom stereocenters.